The minimum absolute atomic E-state index is 0.200. The van der Waals surface area contributed by atoms with Gasteiger partial charge in [-0.25, -0.2) is 0 Å². The number of ether oxygens (including phenoxy) is 1. The van der Waals surface area contributed by atoms with Crippen molar-refractivity contribution in [2.75, 3.05) is 18.8 Å². The van der Waals surface area contributed by atoms with Crippen LogP contribution in [-0.2, 0) is 6.18 Å². The molecule has 1 aromatic rings. The van der Waals surface area contributed by atoms with E-state index in [0.717, 1.165) is 12.6 Å². The van der Waals surface area contributed by atoms with Gasteiger partial charge in [0.15, 0.2) is 0 Å². The Bertz CT molecular complexity index is 439. The summed E-state index contributed by atoms with van der Waals surface area (Å²) in [5, 5.41) is 3.07. The Morgan fingerprint density at radius 1 is 1.39 bits per heavy atom. The standard InChI is InChI=1S/C12H15F3N2O/c1-11(4-5-17-7-11)18-10-6-8(16)2-3-9(10)12(13,14)15/h2-3,6,17H,4-5,7,16H2,1H3/t11-/m1/s1. The summed E-state index contributed by atoms with van der Waals surface area (Å²) in [6, 6.07) is 3.41. The molecule has 1 saturated heterocycles. The number of hydrogen-bond acceptors (Lipinski definition) is 3. The molecule has 1 aliphatic rings. The second-order valence-electron chi connectivity index (χ2n) is 4.73. The smallest absolute Gasteiger partial charge is 0.419 e. The SMILES string of the molecule is C[C@@]1(Oc2cc(N)ccc2C(F)(F)F)CCNC1. The second kappa shape index (κ2) is 4.35. The maximum absolute atomic E-state index is 12.8. The van der Waals surface area contributed by atoms with E-state index in [0.29, 0.717) is 13.0 Å². The molecular formula is C12H15F3N2O. The minimum atomic E-state index is -4.44. The lowest BCUT2D eigenvalue weighted by Gasteiger charge is -2.27. The molecule has 3 N–H and O–H groups in total. The molecule has 0 aliphatic carbocycles. The Kier molecular flexibility index (Phi) is 3.14. The van der Waals surface area contributed by atoms with E-state index in [9.17, 15) is 13.2 Å². The Balaban J connectivity index is 2.33. The summed E-state index contributed by atoms with van der Waals surface area (Å²) in [4.78, 5) is 0. The van der Waals surface area contributed by atoms with Gasteiger partial charge >= 0.3 is 6.18 Å². The second-order valence-corrected chi connectivity index (χ2v) is 4.73. The zero-order chi connectivity index (χ0) is 13.4. The average molecular weight is 260 g/mol. The highest BCUT2D eigenvalue weighted by atomic mass is 19.4. The van der Waals surface area contributed by atoms with Gasteiger partial charge in [0.05, 0.1) is 5.56 Å². The monoisotopic (exact) mass is 260 g/mol. The van der Waals surface area contributed by atoms with Crippen LogP contribution in [0.2, 0.25) is 0 Å². The van der Waals surface area contributed by atoms with Gasteiger partial charge in [-0.2, -0.15) is 13.2 Å². The molecule has 1 fully saturated rings. The van der Waals surface area contributed by atoms with Gasteiger partial charge in [-0.15, -0.1) is 0 Å². The molecule has 0 spiro atoms. The van der Waals surface area contributed by atoms with Crippen LogP contribution in [0, 0.1) is 0 Å². The maximum Gasteiger partial charge on any atom is 0.419 e. The molecule has 0 amide bonds. The molecule has 3 nitrogen and oxygen atoms in total. The number of nitrogens with one attached hydrogen (secondary N) is 1. The fourth-order valence-corrected chi connectivity index (χ4v) is 2.00. The number of alkyl halides is 3. The molecule has 1 aromatic carbocycles. The van der Waals surface area contributed by atoms with Crippen LogP contribution in [0.25, 0.3) is 0 Å². The van der Waals surface area contributed by atoms with Crippen molar-refractivity contribution in [3.05, 3.63) is 23.8 Å². The van der Waals surface area contributed by atoms with Gasteiger partial charge in [-0.3, -0.25) is 0 Å². The molecule has 0 saturated carbocycles. The molecule has 100 valence electrons. The molecule has 6 heteroatoms. The molecular weight excluding hydrogens is 245 g/mol. The maximum atomic E-state index is 12.8. The molecule has 0 unspecified atom stereocenters. The number of anilines is 1. The van der Waals surface area contributed by atoms with Crippen LogP contribution >= 0.6 is 0 Å². The van der Waals surface area contributed by atoms with Crippen LogP contribution in [0.15, 0.2) is 18.2 Å². The van der Waals surface area contributed by atoms with Crippen molar-refractivity contribution in [3.8, 4) is 5.75 Å². The van der Waals surface area contributed by atoms with Crippen LogP contribution in [0.4, 0.5) is 18.9 Å². The van der Waals surface area contributed by atoms with Gasteiger partial charge in [0.1, 0.15) is 11.4 Å². The van der Waals surface area contributed by atoms with Crippen molar-refractivity contribution in [1.82, 2.24) is 5.32 Å². The fourth-order valence-electron chi connectivity index (χ4n) is 2.00. The summed E-state index contributed by atoms with van der Waals surface area (Å²) in [6.45, 7) is 3.05. The van der Waals surface area contributed by atoms with E-state index >= 15 is 0 Å². The first-order chi connectivity index (χ1) is 8.30. The lowest BCUT2D eigenvalue weighted by Crippen LogP contribution is -2.35. The predicted octanol–water partition coefficient (Wildman–Crippen LogP) is 2.42. The molecule has 0 bridgehead atoms. The van der Waals surface area contributed by atoms with Crippen molar-refractivity contribution in [1.29, 1.82) is 0 Å². The highest BCUT2D eigenvalue weighted by Crippen LogP contribution is 2.39. The summed E-state index contributed by atoms with van der Waals surface area (Å²) in [7, 11) is 0. The van der Waals surface area contributed by atoms with E-state index in [1.165, 1.54) is 12.1 Å². The zero-order valence-corrected chi connectivity index (χ0v) is 9.97. The first kappa shape index (κ1) is 13.0. The van der Waals surface area contributed by atoms with Gasteiger partial charge in [0.25, 0.3) is 0 Å². The Morgan fingerprint density at radius 3 is 2.67 bits per heavy atom. The largest absolute Gasteiger partial charge is 0.485 e. The van der Waals surface area contributed by atoms with Crippen LogP contribution in [0.3, 0.4) is 0 Å². The van der Waals surface area contributed by atoms with Crippen molar-refractivity contribution >= 4 is 5.69 Å². The van der Waals surface area contributed by atoms with Crippen molar-refractivity contribution in [2.24, 2.45) is 0 Å². The number of rotatable bonds is 2. The quantitative estimate of drug-likeness (QED) is 0.803. The normalized spacial score (nSPS) is 24.2. The Labute approximate surface area is 103 Å². The molecule has 1 atom stereocenters. The van der Waals surface area contributed by atoms with Crippen LogP contribution < -0.4 is 15.8 Å². The minimum Gasteiger partial charge on any atom is -0.485 e. The van der Waals surface area contributed by atoms with E-state index in [2.05, 4.69) is 5.32 Å². The summed E-state index contributed by atoms with van der Waals surface area (Å²) < 4.78 is 44.1. The van der Waals surface area contributed by atoms with Gasteiger partial charge in [0, 0.05) is 24.7 Å². The summed E-state index contributed by atoms with van der Waals surface area (Å²) >= 11 is 0. The van der Waals surface area contributed by atoms with Gasteiger partial charge < -0.3 is 15.8 Å². The number of nitrogens with two attached hydrogens (primary N) is 1. The topological polar surface area (TPSA) is 47.3 Å². The number of halogens is 3. The summed E-state index contributed by atoms with van der Waals surface area (Å²) in [5.41, 5.74) is 4.38. The molecule has 1 heterocycles. The van der Waals surface area contributed by atoms with Crippen molar-refractivity contribution in [2.45, 2.75) is 25.1 Å². The number of benzene rings is 1. The van der Waals surface area contributed by atoms with E-state index in [4.69, 9.17) is 10.5 Å². The first-order valence-corrected chi connectivity index (χ1v) is 5.67. The molecule has 2 rings (SSSR count). The summed E-state index contributed by atoms with van der Waals surface area (Å²) in [6.07, 6.45) is -3.77. The zero-order valence-electron chi connectivity index (χ0n) is 9.97. The Morgan fingerprint density at radius 2 is 2.11 bits per heavy atom. The van der Waals surface area contributed by atoms with E-state index < -0.39 is 17.3 Å². The Hall–Kier alpha value is -1.43. The van der Waals surface area contributed by atoms with E-state index in [-0.39, 0.29) is 11.4 Å². The average Bonchev–Trinajstić information content (AvgIpc) is 2.62. The molecule has 18 heavy (non-hydrogen) atoms. The van der Waals surface area contributed by atoms with Crippen LogP contribution in [0.1, 0.15) is 18.9 Å². The van der Waals surface area contributed by atoms with E-state index in [1.54, 1.807) is 6.92 Å². The van der Waals surface area contributed by atoms with E-state index in [1.807, 2.05) is 0 Å². The fraction of sp³-hybridized carbons (Fsp3) is 0.500. The molecule has 0 aromatic heterocycles. The highest BCUT2D eigenvalue weighted by molar-refractivity contribution is 5.49. The third kappa shape index (κ3) is 2.69. The van der Waals surface area contributed by atoms with Crippen molar-refractivity contribution in [3.63, 3.8) is 0 Å². The first-order valence-electron chi connectivity index (χ1n) is 5.67. The highest BCUT2D eigenvalue weighted by Gasteiger charge is 2.38. The lowest BCUT2D eigenvalue weighted by atomic mass is 10.1. The number of nitrogen functional groups attached to an aromatic ring is 1. The van der Waals surface area contributed by atoms with Crippen LogP contribution in [0.5, 0.6) is 5.75 Å². The number of hydrogen-bond donors (Lipinski definition) is 2. The van der Waals surface area contributed by atoms with Gasteiger partial charge in [-0.05, 0) is 25.6 Å². The van der Waals surface area contributed by atoms with Crippen molar-refractivity contribution < 1.29 is 17.9 Å². The lowest BCUT2D eigenvalue weighted by molar-refractivity contribution is -0.139. The predicted molar refractivity (Wildman–Crippen MR) is 62.4 cm³/mol. The summed E-state index contributed by atoms with van der Waals surface area (Å²) in [5.74, 6) is -0.200. The van der Waals surface area contributed by atoms with Gasteiger partial charge in [-0.1, -0.05) is 0 Å². The third-order valence-corrected chi connectivity index (χ3v) is 3.00. The molecule has 1 aliphatic heterocycles. The third-order valence-electron chi connectivity index (χ3n) is 3.00. The van der Waals surface area contributed by atoms with Crippen LogP contribution in [-0.4, -0.2) is 18.7 Å². The molecule has 0 radical (unpaired) electrons. The van der Waals surface area contributed by atoms with Gasteiger partial charge in [0.2, 0.25) is 0 Å².